The van der Waals surface area contributed by atoms with E-state index < -0.39 is 39.7 Å². The third-order valence-corrected chi connectivity index (χ3v) is 20.3. The van der Waals surface area contributed by atoms with Crippen molar-refractivity contribution in [1.29, 1.82) is 0 Å². The smallest absolute Gasteiger partial charge is 0.153 e. The summed E-state index contributed by atoms with van der Waals surface area (Å²) in [5, 5.41) is 20.0. The zero-order valence-electron chi connectivity index (χ0n) is 25.2. The minimum absolute atomic E-state index is 0.606. The molecule has 4 nitrogen and oxygen atoms in total. The molecule has 0 bridgehead atoms. The Morgan fingerprint density at radius 3 is 1.09 bits per heavy atom. The number of nitrogens with zero attached hydrogens (tertiary/aromatic N) is 2. The summed E-state index contributed by atoms with van der Waals surface area (Å²) in [7, 11) is -1.82. The van der Waals surface area contributed by atoms with Gasteiger partial charge in [-0.1, -0.05) is 0 Å². The zero-order chi connectivity index (χ0) is 27.7. The summed E-state index contributed by atoms with van der Waals surface area (Å²) < 4.78 is 9.43. The monoisotopic (exact) mass is 596 g/mol. The van der Waals surface area contributed by atoms with E-state index in [1.807, 2.05) is 6.56 Å². The van der Waals surface area contributed by atoms with Crippen LogP contribution in [0.2, 0.25) is 26.2 Å². The van der Waals surface area contributed by atoms with E-state index in [4.69, 9.17) is 10.2 Å². The molecule has 7 heteroatoms. The molecule has 0 aliphatic heterocycles. The van der Waals surface area contributed by atoms with Crippen LogP contribution in [0.15, 0.2) is 41.3 Å². The molecular weight excluding hydrogens is 544 g/mol. The second-order valence-corrected chi connectivity index (χ2v) is 23.4. The van der Waals surface area contributed by atoms with Crippen molar-refractivity contribution in [3.05, 3.63) is 41.3 Å². The van der Waals surface area contributed by atoms with Crippen LogP contribution in [0.4, 0.5) is 0 Å². The summed E-state index contributed by atoms with van der Waals surface area (Å²) in [4.78, 5) is 0. The molecule has 0 saturated heterocycles. The average Bonchev–Trinajstić information content (AvgIpc) is 3.40. The van der Waals surface area contributed by atoms with Crippen LogP contribution in [0.3, 0.4) is 0 Å². The Morgan fingerprint density at radius 2 is 0.857 bits per heavy atom. The largest absolute Gasteiger partial charge is 0.857 e. The normalized spacial score (nSPS) is 16.2. The fourth-order valence-corrected chi connectivity index (χ4v) is 23.4. The summed E-state index contributed by atoms with van der Waals surface area (Å²) in [6.45, 7) is 29.5. The second kappa shape index (κ2) is 15.5. The summed E-state index contributed by atoms with van der Waals surface area (Å²) in [5.41, 5.74) is 0. The first-order valence-electron chi connectivity index (χ1n) is 13.2. The van der Waals surface area contributed by atoms with Gasteiger partial charge < -0.3 is 10.2 Å². The predicted molar refractivity (Wildman–Crippen MR) is 153 cm³/mol. The minimum Gasteiger partial charge on any atom is -0.857 e. The molecule has 2 aliphatic carbocycles. The maximum Gasteiger partial charge on any atom is -0.153 e. The van der Waals surface area contributed by atoms with Crippen molar-refractivity contribution >= 4 is 16.5 Å². The van der Waals surface area contributed by atoms with E-state index >= 15 is 0 Å². The molecule has 0 aromatic carbocycles. The van der Waals surface area contributed by atoms with E-state index in [-0.39, 0.29) is 0 Å². The van der Waals surface area contributed by atoms with Gasteiger partial charge in [-0.2, -0.15) is 14.2 Å². The van der Waals surface area contributed by atoms with Gasteiger partial charge in [0, 0.05) is 0 Å². The molecule has 0 spiro atoms. The maximum atomic E-state index is 8.25. The maximum absolute atomic E-state index is 8.25. The van der Waals surface area contributed by atoms with Gasteiger partial charge in [-0.3, -0.25) is 0 Å². The molecule has 2 aliphatic rings. The standard InChI is InChI=1S/2C13H24NSi.2CH3O.Zr/c2*1-11(2)14(12(3)4)15(5,6)13-9-7-8-10-13;2*1-2;/h2*7,9,11-12H,8H2,1-6H3;2*1H3;/q;;2*-1;+2. The van der Waals surface area contributed by atoms with E-state index in [0.717, 1.165) is 14.2 Å². The third-order valence-electron chi connectivity index (χ3n) is 7.00. The van der Waals surface area contributed by atoms with Crippen LogP contribution < -0.4 is 10.2 Å². The van der Waals surface area contributed by atoms with Gasteiger partial charge in [-0.05, 0) is 0 Å². The fraction of sp³-hybridized carbons (Fsp3) is 0.714. The molecule has 0 amide bonds. The van der Waals surface area contributed by atoms with Crippen LogP contribution in [-0.2, 0) is 23.2 Å². The molecule has 0 fully saturated rings. The molecule has 0 heterocycles. The number of allylic oxidation sites excluding steroid dienone is 8. The summed E-state index contributed by atoms with van der Waals surface area (Å²) in [6.07, 6.45) is 12.4. The first kappa shape index (κ1) is 35.1. The summed E-state index contributed by atoms with van der Waals surface area (Å²) >= 11 is -0.755. The van der Waals surface area contributed by atoms with Crippen LogP contribution >= 0.6 is 0 Å². The van der Waals surface area contributed by atoms with Gasteiger partial charge in [0.1, 0.15) is 0 Å². The Bertz CT molecular complexity index is 702. The van der Waals surface area contributed by atoms with Crippen LogP contribution in [0.25, 0.3) is 0 Å². The van der Waals surface area contributed by atoms with Crippen molar-refractivity contribution in [1.82, 2.24) is 9.13 Å². The van der Waals surface area contributed by atoms with Crippen LogP contribution in [0, 0.1) is 0 Å². The molecule has 0 aromatic rings. The van der Waals surface area contributed by atoms with Crippen LogP contribution in [0.1, 0.15) is 68.2 Å². The molecule has 0 saturated carbocycles. The van der Waals surface area contributed by atoms with Crippen molar-refractivity contribution in [2.45, 2.75) is 119 Å². The Hall–Kier alpha value is 0.117. The summed E-state index contributed by atoms with van der Waals surface area (Å²) in [5.74, 6) is 0. The van der Waals surface area contributed by atoms with Crippen molar-refractivity contribution in [2.75, 3.05) is 14.2 Å². The van der Waals surface area contributed by atoms with Crippen molar-refractivity contribution in [3.63, 3.8) is 0 Å². The van der Waals surface area contributed by atoms with Gasteiger partial charge in [0.15, 0.2) is 0 Å². The number of rotatable bonds is 10. The zero-order valence-corrected chi connectivity index (χ0v) is 29.7. The molecular formula is C28H54N2O2Si2Zr. The molecule has 2 rings (SSSR count). The molecule has 0 aromatic heterocycles. The molecule has 0 unspecified atom stereocenters. The van der Waals surface area contributed by atoms with Gasteiger partial charge >= 0.3 is 209 Å². The van der Waals surface area contributed by atoms with E-state index in [1.54, 1.807) is 10.4 Å². The Kier molecular flexibility index (Phi) is 15.6. The van der Waals surface area contributed by atoms with Gasteiger partial charge in [-0.15, -0.1) is 0 Å². The first-order chi connectivity index (χ1) is 16.2. The molecule has 0 radical (unpaired) electrons. The third kappa shape index (κ3) is 8.56. The van der Waals surface area contributed by atoms with Crippen molar-refractivity contribution < 1.29 is 33.4 Å². The van der Waals surface area contributed by atoms with Crippen LogP contribution in [0.5, 0.6) is 0 Å². The predicted octanol–water partition coefficient (Wildman–Crippen LogP) is 5.18. The van der Waals surface area contributed by atoms with Crippen LogP contribution in [-0.4, -0.2) is 64.0 Å². The molecule has 35 heavy (non-hydrogen) atoms. The van der Waals surface area contributed by atoms with Crippen molar-refractivity contribution in [2.24, 2.45) is 0 Å². The quantitative estimate of drug-likeness (QED) is 0.326. The van der Waals surface area contributed by atoms with E-state index in [9.17, 15) is 0 Å². The molecule has 0 N–H and O–H groups in total. The fourth-order valence-electron chi connectivity index (χ4n) is 6.63. The summed E-state index contributed by atoms with van der Waals surface area (Å²) in [6, 6.07) is 2.42. The average molecular weight is 598 g/mol. The van der Waals surface area contributed by atoms with Gasteiger partial charge in [-0.25, -0.2) is 0 Å². The second-order valence-electron chi connectivity index (χ2n) is 11.4. The van der Waals surface area contributed by atoms with Gasteiger partial charge in [0.05, 0.1) is 0 Å². The topological polar surface area (TPSA) is 52.6 Å². The van der Waals surface area contributed by atoms with Gasteiger partial charge in [0.25, 0.3) is 0 Å². The van der Waals surface area contributed by atoms with E-state index in [2.05, 4.69) is 115 Å². The van der Waals surface area contributed by atoms with E-state index in [1.165, 1.54) is 12.8 Å². The molecule has 200 valence electrons. The Labute approximate surface area is 232 Å². The Balaban J connectivity index is 0.00000274. The van der Waals surface area contributed by atoms with Crippen molar-refractivity contribution in [3.8, 4) is 0 Å². The van der Waals surface area contributed by atoms with Gasteiger partial charge in [0.2, 0.25) is 0 Å². The van der Waals surface area contributed by atoms with E-state index in [0.29, 0.717) is 24.2 Å². The minimum atomic E-state index is -1.66. The number of hydrogen-bond donors (Lipinski definition) is 0. The number of hydrogen-bond acceptors (Lipinski definition) is 4. The Morgan fingerprint density at radius 1 is 0.600 bits per heavy atom. The first-order valence-corrected chi connectivity index (χ1v) is 21.5. The molecule has 0 atom stereocenters. The SMILES string of the molecule is CC(C)N(C(C)C)[Si](C)(C)C1=[C]([Zr+2][C]2=C([Si](C)(C)N(C(C)C)C(C)C)C=CC2)CC=C1.C[O-].C[O-].